The van der Waals surface area contributed by atoms with Gasteiger partial charge in [0.25, 0.3) is 5.91 Å². The van der Waals surface area contributed by atoms with E-state index in [0.29, 0.717) is 5.92 Å². The molecule has 2 aromatic carbocycles. The Morgan fingerprint density at radius 1 is 1.22 bits per heavy atom. The van der Waals surface area contributed by atoms with Gasteiger partial charge >= 0.3 is 0 Å². The van der Waals surface area contributed by atoms with Crippen LogP contribution in [0.5, 0.6) is 5.75 Å². The average molecular weight is 381 g/mol. The Morgan fingerprint density at radius 2 is 2.00 bits per heavy atom. The first-order valence-corrected chi connectivity index (χ1v) is 10.3. The molecule has 1 aromatic heterocycles. The van der Waals surface area contributed by atoms with Crippen LogP contribution in [0, 0.1) is 6.92 Å². The molecule has 0 spiro atoms. The van der Waals surface area contributed by atoms with Gasteiger partial charge in [-0.2, -0.15) is 0 Å². The Hall–Kier alpha value is -2.40. The number of carbonyl (C=O) groups is 1. The monoisotopic (exact) mass is 380 g/mol. The lowest BCUT2D eigenvalue weighted by atomic mass is 9.98. The molecule has 0 radical (unpaired) electrons. The first-order chi connectivity index (χ1) is 13.1. The lowest BCUT2D eigenvalue weighted by Gasteiger charge is -2.33. The topological polar surface area (TPSA) is 42.4 Å². The van der Waals surface area contributed by atoms with Gasteiger partial charge in [-0.25, -0.2) is 4.98 Å². The highest BCUT2D eigenvalue weighted by Crippen LogP contribution is 2.33. The highest BCUT2D eigenvalue weighted by Gasteiger charge is 2.30. The third-order valence-electron chi connectivity index (χ3n) is 5.07. The molecule has 5 heteroatoms. The van der Waals surface area contributed by atoms with Crippen LogP contribution in [0.3, 0.4) is 0 Å². The molecular formula is C22H24N2O2S. The molecule has 0 unspecified atom stereocenters. The molecule has 1 fully saturated rings. The molecule has 2 heterocycles. The molecular weight excluding hydrogens is 356 g/mol. The van der Waals surface area contributed by atoms with Gasteiger partial charge in [0.1, 0.15) is 5.75 Å². The van der Waals surface area contributed by atoms with E-state index >= 15 is 0 Å². The molecule has 0 N–H and O–H groups in total. The minimum atomic E-state index is -0.484. The molecule has 0 saturated carbocycles. The smallest absolute Gasteiger partial charge is 0.263 e. The highest BCUT2D eigenvalue weighted by atomic mass is 32.1. The summed E-state index contributed by atoms with van der Waals surface area (Å²) in [5.74, 6) is 1.11. The summed E-state index contributed by atoms with van der Waals surface area (Å²) in [4.78, 5) is 19.6. The molecule has 1 amide bonds. The second-order valence-corrected chi connectivity index (χ2v) is 8.28. The number of rotatable bonds is 4. The molecule has 4 rings (SSSR count). The van der Waals surface area contributed by atoms with E-state index in [1.165, 1.54) is 10.3 Å². The molecule has 4 nitrogen and oxygen atoms in total. The summed E-state index contributed by atoms with van der Waals surface area (Å²) in [5.41, 5.74) is 2.23. The highest BCUT2D eigenvalue weighted by molar-refractivity contribution is 7.18. The van der Waals surface area contributed by atoms with Crippen LogP contribution >= 0.6 is 11.3 Å². The summed E-state index contributed by atoms with van der Waals surface area (Å²) in [5, 5.41) is 1.14. The number of thiazole rings is 1. The van der Waals surface area contributed by atoms with Crippen LogP contribution in [-0.2, 0) is 4.79 Å². The lowest BCUT2D eigenvalue weighted by Crippen LogP contribution is -2.45. The summed E-state index contributed by atoms with van der Waals surface area (Å²) in [6.45, 7) is 5.39. The van der Waals surface area contributed by atoms with Crippen molar-refractivity contribution in [3.63, 3.8) is 0 Å². The summed E-state index contributed by atoms with van der Waals surface area (Å²) >= 11 is 1.75. The predicted octanol–water partition coefficient (Wildman–Crippen LogP) is 4.78. The quantitative estimate of drug-likeness (QED) is 0.654. The summed E-state index contributed by atoms with van der Waals surface area (Å²) in [7, 11) is 0. The maximum absolute atomic E-state index is 12.9. The van der Waals surface area contributed by atoms with Crippen LogP contribution < -0.4 is 4.74 Å². The van der Waals surface area contributed by atoms with E-state index in [2.05, 4.69) is 12.1 Å². The first kappa shape index (κ1) is 18.0. The van der Waals surface area contributed by atoms with Crippen molar-refractivity contribution in [2.24, 2.45) is 0 Å². The normalized spacial score (nSPS) is 18.4. The van der Waals surface area contributed by atoms with Gasteiger partial charge in [0.15, 0.2) is 6.10 Å². The van der Waals surface area contributed by atoms with E-state index in [-0.39, 0.29) is 5.91 Å². The second kappa shape index (κ2) is 7.69. The van der Waals surface area contributed by atoms with Gasteiger partial charge in [-0.05, 0) is 51.0 Å². The number of para-hydroxylation sites is 1. The number of amides is 1. The van der Waals surface area contributed by atoms with Crippen molar-refractivity contribution in [1.82, 2.24) is 9.88 Å². The van der Waals surface area contributed by atoms with Crippen molar-refractivity contribution < 1.29 is 9.53 Å². The molecule has 1 aliphatic heterocycles. The summed E-state index contributed by atoms with van der Waals surface area (Å²) in [6.07, 6.45) is 1.60. The molecule has 0 bridgehead atoms. The van der Waals surface area contributed by atoms with E-state index < -0.39 is 6.10 Å². The van der Waals surface area contributed by atoms with E-state index in [1.54, 1.807) is 11.3 Å². The lowest BCUT2D eigenvalue weighted by molar-refractivity contribution is -0.139. The zero-order valence-electron chi connectivity index (χ0n) is 15.7. The molecule has 1 saturated heterocycles. The third kappa shape index (κ3) is 3.98. The standard InChI is InChI=1S/C22H24N2O2S/c1-15-9-11-18(12-10-15)26-16(2)22(25)24-13-5-6-17(14-24)21-23-19-7-3-4-8-20(19)27-21/h3-4,7-12,16-17H,5-6,13-14H2,1-2H3/t16-,17-/m0/s1. The molecule has 2 atom stereocenters. The Labute approximate surface area is 163 Å². The number of likely N-dealkylation sites (tertiary alicyclic amines) is 1. The minimum Gasteiger partial charge on any atom is -0.481 e. The van der Waals surface area contributed by atoms with Gasteiger partial charge in [-0.3, -0.25) is 4.79 Å². The van der Waals surface area contributed by atoms with Gasteiger partial charge < -0.3 is 9.64 Å². The van der Waals surface area contributed by atoms with Crippen molar-refractivity contribution in [1.29, 1.82) is 0 Å². The number of ether oxygens (including phenoxy) is 1. The average Bonchev–Trinajstić information content (AvgIpc) is 3.13. The van der Waals surface area contributed by atoms with Crippen molar-refractivity contribution >= 4 is 27.5 Å². The number of hydrogen-bond donors (Lipinski definition) is 0. The number of fused-ring (bicyclic) bond motifs is 1. The van der Waals surface area contributed by atoms with E-state index in [9.17, 15) is 4.79 Å². The number of carbonyl (C=O) groups excluding carboxylic acids is 1. The molecule has 3 aromatic rings. The van der Waals surface area contributed by atoms with Crippen LogP contribution in [-0.4, -0.2) is 35.0 Å². The summed E-state index contributed by atoms with van der Waals surface area (Å²) < 4.78 is 7.08. The van der Waals surface area contributed by atoms with Gasteiger partial charge in [-0.1, -0.05) is 29.8 Å². The minimum absolute atomic E-state index is 0.0568. The number of piperidine rings is 1. The van der Waals surface area contributed by atoms with Crippen LogP contribution in [0.15, 0.2) is 48.5 Å². The number of benzene rings is 2. The second-order valence-electron chi connectivity index (χ2n) is 7.22. The zero-order chi connectivity index (χ0) is 18.8. The van der Waals surface area contributed by atoms with E-state index in [1.807, 2.05) is 55.1 Å². The van der Waals surface area contributed by atoms with Crippen molar-refractivity contribution in [3.8, 4) is 5.75 Å². The van der Waals surface area contributed by atoms with Crippen LogP contribution in [0.2, 0.25) is 0 Å². The Balaban J connectivity index is 1.43. The van der Waals surface area contributed by atoms with Crippen molar-refractivity contribution in [2.45, 2.75) is 38.7 Å². The largest absolute Gasteiger partial charge is 0.481 e. The Morgan fingerprint density at radius 3 is 2.78 bits per heavy atom. The third-order valence-corrected chi connectivity index (χ3v) is 6.27. The van der Waals surface area contributed by atoms with Gasteiger partial charge in [0, 0.05) is 19.0 Å². The number of aromatic nitrogens is 1. The Kier molecular flexibility index (Phi) is 5.12. The maximum Gasteiger partial charge on any atom is 0.263 e. The van der Waals surface area contributed by atoms with E-state index in [4.69, 9.17) is 9.72 Å². The van der Waals surface area contributed by atoms with Crippen molar-refractivity contribution in [2.75, 3.05) is 13.1 Å². The molecule has 0 aliphatic carbocycles. The first-order valence-electron chi connectivity index (χ1n) is 9.48. The zero-order valence-corrected chi connectivity index (χ0v) is 16.5. The van der Waals surface area contributed by atoms with Gasteiger partial charge in [0.05, 0.1) is 15.2 Å². The Bertz CT molecular complexity index is 902. The molecule has 140 valence electrons. The van der Waals surface area contributed by atoms with E-state index in [0.717, 1.165) is 42.2 Å². The van der Waals surface area contributed by atoms with Crippen molar-refractivity contribution in [3.05, 3.63) is 59.1 Å². The number of aryl methyl sites for hydroxylation is 1. The van der Waals surface area contributed by atoms with Crippen LogP contribution in [0.1, 0.15) is 36.3 Å². The SMILES string of the molecule is Cc1ccc(O[C@@H](C)C(=O)N2CCC[C@H](c3nc4ccccc4s3)C2)cc1. The van der Waals surface area contributed by atoms with Gasteiger partial charge in [-0.15, -0.1) is 11.3 Å². The van der Waals surface area contributed by atoms with Crippen LogP contribution in [0.4, 0.5) is 0 Å². The maximum atomic E-state index is 12.9. The fourth-order valence-corrected chi connectivity index (χ4v) is 4.67. The predicted molar refractivity (Wildman–Crippen MR) is 109 cm³/mol. The fraction of sp³-hybridized carbons (Fsp3) is 0.364. The molecule has 1 aliphatic rings. The summed E-state index contributed by atoms with van der Waals surface area (Å²) in [6, 6.07) is 16.1. The van der Waals surface area contributed by atoms with Gasteiger partial charge in [0.2, 0.25) is 0 Å². The fourth-order valence-electron chi connectivity index (χ4n) is 3.57. The number of hydrogen-bond acceptors (Lipinski definition) is 4. The molecule has 27 heavy (non-hydrogen) atoms. The number of nitrogens with zero attached hydrogens (tertiary/aromatic N) is 2. The van der Waals surface area contributed by atoms with Crippen LogP contribution in [0.25, 0.3) is 10.2 Å².